The van der Waals surface area contributed by atoms with Crippen molar-refractivity contribution in [3.8, 4) is 5.75 Å². The largest absolute Gasteiger partial charge is 0.491 e. The fraction of sp³-hybridized carbons (Fsp3) is 0.364. The molecule has 1 atom stereocenters. The molecule has 1 unspecified atom stereocenters. The quantitative estimate of drug-likeness (QED) is 0.808. The highest BCUT2D eigenvalue weighted by atomic mass is 19.2. The normalized spacial score (nSPS) is 12.0. The van der Waals surface area contributed by atoms with Gasteiger partial charge in [0.2, 0.25) is 5.91 Å². The first-order valence-corrected chi connectivity index (χ1v) is 4.99. The Kier molecular flexibility index (Phi) is 4.84. The Morgan fingerprint density at radius 1 is 1.47 bits per heavy atom. The number of amides is 1. The van der Waals surface area contributed by atoms with Gasteiger partial charge in [-0.2, -0.15) is 0 Å². The molecule has 0 saturated heterocycles. The summed E-state index contributed by atoms with van der Waals surface area (Å²) in [6.07, 6.45) is -0.910. The van der Waals surface area contributed by atoms with Crippen LogP contribution in [0.2, 0.25) is 0 Å². The molecule has 94 valence electrons. The number of aliphatic hydroxyl groups is 1. The van der Waals surface area contributed by atoms with Crippen molar-refractivity contribution in [2.75, 3.05) is 13.2 Å². The van der Waals surface area contributed by atoms with Crippen LogP contribution in [0, 0.1) is 11.6 Å². The number of ether oxygens (including phenoxy) is 1. The molecule has 0 aliphatic carbocycles. The molecule has 6 heteroatoms. The molecule has 0 bridgehead atoms. The van der Waals surface area contributed by atoms with Gasteiger partial charge in [-0.3, -0.25) is 4.79 Å². The third-order valence-corrected chi connectivity index (χ3v) is 1.92. The summed E-state index contributed by atoms with van der Waals surface area (Å²) in [4.78, 5) is 10.6. The van der Waals surface area contributed by atoms with E-state index < -0.39 is 17.7 Å². The standard InChI is InChI=1S/C11H13F2NO3/c1-7(15)14-5-8(16)6-17-9-2-3-10(12)11(13)4-9/h2-4,8,16H,5-6H2,1H3,(H,14,15). The number of hydrogen-bond acceptors (Lipinski definition) is 3. The molecule has 17 heavy (non-hydrogen) atoms. The number of halogens is 2. The number of aliphatic hydroxyl groups excluding tert-OH is 1. The van der Waals surface area contributed by atoms with Crippen molar-refractivity contribution in [1.82, 2.24) is 5.32 Å². The lowest BCUT2D eigenvalue weighted by Gasteiger charge is -2.12. The van der Waals surface area contributed by atoms with Gasteiger partial charge in [-0.25, -0.2) is 8.78 Å². The summed E-state index contributed by atoms with van der Waals surface area (Å²) in [7, 11) is 0. The fourth-order valence-electron chi connectivity index (χ4n) is 1.08. The van der Waals surface area contributed by atoms with Crippen LogP contribution in [-0.4, -0.2) is 30.3 Å². The molecule has 0 aliphatic rings. The van der Waals surface area contributed by atoms with E-state index in [2.05, 4.69) is 5.32 Å². The van der Waals surface area contributed by atoms with E-state index in [1.807, 2.05) is 0 Å². The minimum Gasteiger partial charge on any atom is -0.491 e. The summed E-state index contributed by atoms with van der Waals surface area (Å²) in [5.41, 5.74) is 0. The molecule has 0 heterocycles. The van der Waals surface area contributed by atoms with Crippen LogP contribution in [-0.2, 0) is 4.79 Å². The Morgan fingerprint density at radius 3 is 2.76 bits per heavy atom. The maximum Gasteiger partial charge on any atom is 0.216 e. The van der Waals surface area contributed by atoms with E-state index in [0.29, 0.717) is 0 Å². The topological polar surface area (TPSA) is 58.6 Å². The minimum absolute atomic E-state index is 0.0407. The van der Waals surface area contributed by atoms with Gasteiger partial charge in [0, 0.05) is 19.5 Å². The Morgan fingerprint density at radius 2 is 2.18 bits per heavy atom. The Labute approximate surface area is 97.2 Å². The molecule has 0 fully saturated rings. The number of carbonyl (C=O) groups excluding carboxylic acids is 1. The van der Waals surface area contributed by atoms with Gasteiger partial charge < -0.3 is 15.2 Å². The summed E-state index contributed by atoms with van der Waals surface area (Å²) in [6.45, 7) is 1.24. The Balaban J connectivity index is 2.39. The van der Waals surface area contributed by atoms with Crippen molar-refractivity contribution < 1.29 is 23.4 Å². The monoisotopic (exact) mass is 245 g/mol. The second-order valence-corrected chi connectivity index (χ2v) is 3.48. The molecule has 0 aromatic heterocycles. The van der Waals surface area contributed by atoms with Gasteiger partial charge >= 0.3 is 0 Å². The zero-order valence-corrected chi connectivity index (χ0v) is 9.24. The molecule has 1 aromatic rings. The van der Waals surface area contributed by atoms with E-state index in [9.17, 15) is 18.7 Å². The lowest BCUT2D eigenvalue weighted by molar-refractivity contribution is -0.119. The zero-order chi connectivity index (χ0) is 12.8. The maximum absolute atomic E-state index is 12.8. The van der Waals surface area contributed by atoms with Crippen LogP contribution in [0.5, 0.6) is 5.75 Å². The summed E-state index contributed by atoms with van der Waals surface area (Å²) >= 11 is 0. The number of rotatable bonds is 5. The van der Waals surface area contributed by atoms with E-state index in [-0.39, 0.29) is 24.8 Å². The fourth-order valence-corrected chi connectivity index (χ4v) is 1.08. The lowest BCUT2D eigenvalue weighted by Crippen LogP contribution is -2.33. The van der Waals surface area contributed by atoms with Crippen LogP contribution in [0.25, 0.3) is 0 Å². The van der Waals surface area contributed by atoms with E-state index in [4.69, 9.17) is 4.74 Å². The van der Waals surface area contributed by atoms with Gasteiger partial charge in [0.15, 0.2) is 11.6 Å². The van der Waals surface area contributed by atoms with Crippen molar-refractivity contribution in [3.63, 3.8) is 0 Å². The first-order chi connectivity index (χ1) is 7.99. The van der Waals surface area contributed by atoms with Crippen molar-refractivity contribution in [2.24, 2.45) is 0 Å². The van der Waals surface area contributed by atoms with E-state index in [1.54, 1.807) is 0 Å². The summed E-state index contributed by atoms with van der Waals surface area (Å²) in [6, 6.07) is 3.08. The zero-order valence-electron chi connectivity index (χ0n) is 9.24. The maximum atomic E-state index is 12.8. The van der Waals surface area contributed by atoms with Crippen molar-refractivity contribution in [2.45, 2.75) is 13.0 Å². The van der Waals surface area contributed by atoms with Gasteiger partial charge in [-0.05, 0) is 12.1 Å². The van der Waals surface area contributed by atoms with Crippen LogP contribution < -0.4 is 10.1 Å². The average molecular weight is 245 g/mol. The first-order valence-electron chi connectivity index (χ1n) is 4.99. The molecule has 0 saturated carbocycles. The molecule has 0 aliphatic heterocycles. The highest BCUT2D eigenvalue weighted by Crippen LogP contribution is 2.15. The highest BCUT2D eigenvalue weighted by molar-refractivity contribution is 5.72. The summed E-state index contributed by atoms with van der Waals surface area (Å²) in [5.74, 6) is -2.13. The van der Waals surface area contributed by atoms with Gasteiger partial charge in [0.05, 0.1) is 0 Å². The number of nitrogens with one attached hydrogen (secondary N) is 1. The molecular formula is C11H13F2NO3. The summed E-state index contributed by atoms with van der Waals surface area (Å²) in [5, 5.41) is 11.8. The van der Waals surface area contributed by atoms with Crippen LogP contribution in [0.4, 0.5) is 8.78 Å². The number of carbonyl (C=O) groups is 1. The van der Waals surface area contributed by atoms with Gasteiger partial charge in [0.25, 0.3) is 0 Å². The SMILES string of the molecule is CC(=O)NCC(O)COc1ccc(F)c(F)c1. The Hall–Kier alpha value is -1.69. The molecule has 1 rings (SSSR count). The molecule has 0 radical (unpaired) electrons. The molecule has 4 nitrogen and oxygen atoms in total. The predicted molar refractivity (Wildman–Crippen MR) is 56.5 cm³/mol. The predicted octanol–water partition coefficient (Wildman–Crippen LogP) is 0.841. The molecule has 2 N–H and O–H groups in total. The Bertz CT molecular complexity index is 398. The average Bonchev–Trinajstić information content (AvgIpc) is 2.28. The highest BCUT2D eigenvalue weighted by Gasteiger charge is 2.07. The van der Waals surface area contributed by atoms with Crippen LogP contribution in [0.1, 0.15) is 6.92 Å². The minimum atomic E-state index is -1.01. The second kappa shape index (κ2) is 6.15. The van der Waals surface area contributed by atoms with Gasteiger partial charge in [-0.1, -0.05) is 0 Å². The first kappa shape index (κ1) is 13.4. The van der Waals surface area contributed by atoms with Crippen molar-refractivity contribution >= 4 is 5.91 Å². The summed E-state index contributed by atoms with van der Waals surface area (Å²) < 4.78 is 30.4. The van der Waals surface area contributed by atoms with E-state index >= 15 is 0 Å². The molecule has 0 spiro atoms. The van der Waals surface area contributed by atoms with Crippen LogP contribution in [0.3, 0.4) is 0 Å². The third kappa shape index (κ3) is 4.78. The molecule has 1 aromatic carbocycles. The van der Waals surface area contributed by atoms with Crippen LogP contribution in [0.15, 0.2) is 18.2 Å². The van der Waals surface area contributed by atoms with E-state index in [1.165, 1.54) is 13.0 Å². The molecule has 1 amide bonds. The number of benzene rings is 1. The van der Waals surface area contributed by atoms with E-state index in [0.717, 1.165) is 12.1 Å². The van der Waals surface area contributed by atoms with Gasteiger partial charge in [-0.15, -0.1) is 0 Å². The van der Waals surface area contributed by atoms with Crippen molar-refractivity contribution in [1.29, 1.82) is 0 Å². The number of hydrogen-bond donors (Lipinski definition) is 2. The second-order valence-electron chi connectivity index (χ2n) is 3.48. The van der Waals surface area contributed by atoms with Crippen molar-refractivity contribution in [3.05, 3.63) is 29.8 Å². The van der Waals surface area contributed by atoms with Gasteiger partial charge in [0.1, 0.15) is 18.5 Å². The molecular weight excluding hydrogens is 232 g/mol. The lowest BCUT2D eigenvalue weighted by atomic mass is 10.3. The smallest absolute Gasteiger partial charge is 0.216 e. The third-order valence-electron chi connectivity index (χ3n) is 1.92. The van der Waals surface area contributed by atoms with Crippen LogP contribution >= 0.6 is 0 Å².